The molecule has 0 atom stereocenters. The van der Waals surface area contributed by atoms with E-state index >= 15 is 0 Å². The number of nitrogens with one attached hydrogen (secondary N) is 1. The van der Waals surface area contributed by atoms with Crippen LogP contribution in [0.1, 0.15) is 41.6 Å². The monoisotopic (exact) mass is 457 g/mol. The summed E-state index contributed by atoms with van der Waals surface area (Å²) in [5.74, 6) is 0.268. The van der Waals surface area contributed by atoms with Crippen LogP contribution in [-0.4, -0.2) is 21.2 Å². The third-order valence-electron chi connectivity index (χ3n) is 5.92. The van der Waals surface area contributed by atoms with Crippen molar-refractivity contribution >= 4 is 29.0 Å². The number of benzene rings is 2. The van der Waals surface area contributed by atoms with Crippen molar-refractivity contribution in [1.82, 2.24) is 9.55 Å². The van der Waals surface area contributed by atoms with Gasteiger partial charge in [0.2, 0.25) is 0 Å². The van der Waals surface area contributed by atoms with E-state index in [1.807, 2.05) is 36.0 Å². The lowest BCUT2D eigenvalue weighted by molar-refractivity contribution is -0.110. The van der Waals surface area contributed by atoms with Crippen molar-refractivity contribution in [2.75, 3.05) is 5.32 Å². The van der Waals surface area contributed by atoms with Crippen LogP contribution >= 0.6 is 0 Å². The molecule has 6 nitrogen and oxygen atoms in total. The van der Waals surface area contributed by atoms with Crippen LogP contribution in [0, 0.1) is 5.82 Å². The third kappa shape index (κ3) is 4.20. The van der Waals surface area contributed by atoms with Gasteiger partial charge in [-0.25, -0.2) is 9.37 Å². The fourth-order valence-electron chi connectivity index (χ4n) is 4.15. The topological polar surface area (TPSA) is 77.1 Å². The largest absolute Gasteiger partial charge is 0.457 e. The molecule has 172 valence electrons. The SMILES string of the molecule is Cn1cncc1CCCC(=O)c1ccccc1-c1ccc(/C=C2/C(=O)Nc3ccc(F)cc32)o1.[HH]. The van der Waals surface area contributed by atoms with Crippen LogP contribution in [0.2, 0.25) is 0 Å². The lowest BCUT2D eigenvalue weighted by Gasteiger charge is -2.07. The lowest BCUT2D eigenvalue weighted by Crippen LogP contribution is -2.03. The van der Waals surface area contributed by atoms with Gasteiger partial charge in [0.05, 0.1) is 11.9 Å². The molecule has 34 heavy (non-hydrogen) atoms. The summed E-state index contributed by atoms with van der Waals surface area (Å²) in [5.41, 5.74) is 3.75. The fraction of sp³-hybridized carbons (Fsp3) is 0.148. The molecule has 0 spiro atoms. The van der Waals surface area contributed by atoms with Crippen LogP contribution in [0.3, 0.4) is 0 Å². The van der Waals surface area contributed by atoms with Crippen LogP contribution in [0.4, 0.5) is 10.1 Å². The predicted octanol–water partition coefficient (Wildman–Crippen LogP) is 5.76. The number of furan rings is 1. The maximum Gasteiger partial charge on any atom is 0.256 e. The standard InChI is InChI=1S/C27H22FN3O3.H2/c1-31-16-29-15-18(31)5-4-8-25(32)20-6-2-3-7-21(20)26-12-10-19(34-26)14-23-22-13-17(28)9-11-24(22)30-27(23)33;/h2-3,6-7,9-16H,4-5,8H2,1H3,(H,30,33);1H/b23-14+;. The number of rotatable bonds is 7. The number of fused-ring (bicyclic) bond motifs is 1. The zero-order chi connectivity index (χ0) is 23.7. The molecule has 5 rings (SSSR count). The van der Waals surface area contributed by atoms with Gasteiger partial charge in [-0.15, -0.1) is 0 Å². The number of anilines is 1. The van der Waals surface area contributed by atoms with E-state index in [2.05, 4.69) is 10.3 Å². The van der Waals surface area contributed by atoms with Gasteiger partial charge in [-0.2, -0.15) is 0 Å². The second kappa shape index (κ2) is 8.94. The molecule has 2 aromatic carbocycles. The van der Waals surface area contributed by atoms with Gasteiger partial charge in [-0.3, -0.25) is 9.59 Å². The van der Waals surface area contributed by atoms with Crippen molar-refractivity contribution in [1.29, 1.82) is 0 Å². The third-order valence-corrected chi connectivity index (χ3v) is 5.92. The summed E-state index contributed by atoms with van der Waals surface area (Å²) in [5, 5.41) is 2.72. The normalized spacial score (nSPS) is 13.8. The number of aryl methyl sites for hydroxylation is 2. The second-order valence-electron chi connectivity index (χ2n) is 8.22. The Morgan fingerprint density at radius 3 is 2.85 bits per heavy atom. The van der Waals surface area contributed by atoms with Crippen molar-refractivity contribution in [3.8, 4) is 11.3 Å². The van der Waals surface area contributed by atoms with E-state index < -0.39 is 5.82 Å². The quantitative estimate of drug-likeness (QED) is 0.283. The molecule has 0 unspecified atom stereocenters. The first kappa shape index (κ1) is 21.6. The highest BCUT2D eigenvalue weighted by atomic mass is 19.1. The van der Waals surface area contributed by atoms with Gasteiger partial charge in [0, 0.05) is 49.2 Å². The summed E-state index contributed by atoms with van der Waals surface area (Å²) in [6.07, 6.45) is 7.04. The van der Waals surface area contributed by atoms with Gasteiger partial charge >= 0.3 is 0 Å². The van der Waals surface area contributed by atoms with Gasteiger partial charge in [-0.05, 0) is 49.2 Å². The number of Topliss-reactive ketones (excluding diaryl/α,β-unsaturated/α-hetero) is 1. The van der Waals surface area contributed by atoms with E-state index in [4.69, 9.17) is 4.42 Å². The first-order valence-electron chi connectivity index (χ1n) is 11.0. The van der Waals surface area contributed by atoms with Gasteiger partial charge < -0.3 is 14.3 Å². The molecular weight excluding hydrogens is 433 g/mol. The van der Waals surface area contributed by atoms with E-state index in [1.165, 1.54) is 18.2 Å². The highest BCUT2D eigenvalue weighted by Gasteiger charge is 2.25. The summed E-state index contributed by atoms with van der Waals surface area (Å²) < 4.78 is 21.6. The summed E-state index contributed by atoms with van der Waals surface area (Å²) >= 11 is 0. The number of hydrogen-bond acceptors (Lipinski definition) is 4. The molecule has 0 aliphatic carbocycles. The van der Waals surface area contributed by atoms with Gasteiger partial charge in [0.15, 0.2) is 5.78 Å². The number of amides is 1. The van der Waals surface area contributed by atoms with Crippen molar-refractivity contribution in [2.45, 2.75) is 19.3 Å². The maximum absolute atomic E-state index is 13.7. The molecule has 1 amide bonds. The molecule has 0 saturated heterocycles. The lowest BCUT2D eigenvalue weighted by atomic mass is 9.98. The molecule has 0 saturated carbocycles. The zero-order valence-electron chi connectivity index (χ0n) is 18.5. The number of carbonyl (C=O) groups excluding carboxylic acids is 2. The highest BCUT2D eigenvalue weighted by molar-refractivity contribution is 6.34. The van der Waals surface area contributed by atoms with E-state index in [1.54, 1.807) is 30.6 Å². The smallest absolute Gasteiger partial charge is 0.256 e. The molecule has 2 aromatic heterocycles. The number of ketones is 1. The number of aromatic nitrogens is 2. The molecule has 7 heteroatoms. The summed E-state index contributed by atoms with van der Waals surface area (Å²) in [7, 11) is 1.94. The van der Waals surface area contributed by atoms with Crippen LogP contribution in [0.5, 0.6) is 0 Å². The maximum atomic E-state index is 13.7. The first-order valence-corrected chi connectivity index (χ1v) is 11.0. The Labute approximate surface area is 197 Å². The molecule has 0 bridgehead atoms. The average molecular weight is 458 g/mol. The Kier molecular flexibility index (Phi) is 5.67. The van der Waals surface area contributed by atoms with Gasteiger partial charge in [0.1, 0.15) is 17.3 Å². The minimum atomic E-state index is -0.419. The average Bonchev–Trinajstić information content (AvgIpc) is 3.54. The number of hydrogen-bond donors (Lipinski definition) is 1. The number of imidazole rings is 1. The van der Waals surface area contributed by atoms with Crippen LogP contribution in [-0.2, 0) is 18.3 Å². The molecule has 0 radical (unpaired) electrons. The number of carbonyl (C=O) groups is 2. The Bertz CT molecular complexity index is 1440. The van der Waals surface area contributed by atoms with Crippen molar-refractivity contribution in [3.05, 3.63) is 95.5 Å². The van der Waals surface area contributed by atoms with Gasteiger partial charge in [0.25, 0.3) is 5.91 Å². The number of nitrogens with zero attached hydrogens (tertiary/aromatic N) is 2. The fourth-order valence-corrected chi connectivity index (χ4v) is 4.15. The minimum absolute atomic E-state index is 0. The van der Waals surface area contributed by atoms with Crippen LogP contribution in [0.15, 0.2) is 71.5 Å². The van der Waals surface area contributed by atoms with E-state index in [0.29, 0.717) is 52.3 Å². The first-order chi connectivity index (χ1) is 16.5. The van der Waals surface area contributed by atoms with Crippen LogP contribution < -0.4 is 5.32 Å². The molecule has 1 aliphatic rings. The zero-order valence-corrected chi connectivity index (χ0v) is 18.5. The Hall–Kier alpha value is -4.26. The van der Waals surface area contributed by atoms with Crippen molar-refractivity contribution in [3.63, 3.8) is 0 Å². The Morgan fingerprint density at radius 1 is 1.18 bits per heavy atom. The molecule has 1 aliphatic heterocycles. The summed E-state index contributed by atoms with van der Waals surface area (Å²) in [6.45, 7) is 0. The van der Waals surface area contributed by atoms with Crippen molar-refractivity contribution in [2.24, 2.45) is 7.05 Å². The minimum Gasteiger partial charge on any atom is -0.457 e. The number of halogens is 1. The van der Waals surface area contributed by atoms with Gasteiger partial charge in [-0.1, -0.05) is 24.3 Å². The second-order valence-corrected chi connectivity index (χ2v) is 8.22. The molecular formula is C27H24FN3O3. The Balaban J connectivity index is 0.00000289. The summed E-state index contributed by atoms with van der Waals surface area (Å²) in [6, 6.07) is 15.0. The molecule has 1 N–H and O–H groups in total. The van der Waals surface area contributed by atoms with E-state index in [-0.39, 0.29) is 13.1 Å². The Morgan fingerprint density at radius 2 is 2.03 bits per heavy atom. The van der Waals surface area contributed by atoms with Crippen molar-refractivity contribution < 1.29 is 19.8 Å². The molecule has 0 fully saturated rings. The molecule has 4 aromatic rings. The molecule has 3 heterocycles. The highest BCUT2D eigenvalue weighted by Crippen LogP contribution is 2.35. The van der Waals surface area contributed by atoms with E-state index in [9.17, 15) is 14.0 Å². The van der Waals surface area contributed by atoms with E-state index in [0.717, 1.165) is 12.1 Å². The van der Waals surface area contributed by atoms with Crippen LogP contribution in [0.25, 0.3) is 23.0 Å². The predicted molar refractivity (Wildman–Crippen MR) is 130 cm³/mol. The summed E-state index contributed by atoms with van der Waals surface area (Å²) in [4.78, 5) is 29.5.